The molecule has 0 aliphatic rings. The predicted molar refractivity (Wildman–Crippen MR) is 102 cm³/mol. The van der Waals surface area contributed by atoms with Crippen LogP contribution in [0.4, 0.5) is 0 Å². The molecule has 0 saturated carbocycles. The van der Waals surface area contributed by atoms with Crippen LogP contribution >= 0.6 is 11.8 Å². The van der Waals surface area contributed by atoms with Gasteiger partial charge in [0.05, 0.1) is 13.5 Å². The number of esters is 1. The summed E-state index contributed by atoms with van der Waals surface area (Å²) in [5.41, 5.74) is 1.16. The Bertz CT molecular complexity index is 648. The monoisotopic (exact) mass is 359 g/mol. The molecule has 25 heavy (non-hydrogen) atoms. The van der Waals surface area contributed by atoms with E-state index in [1.807, 2.05) is 49.5 Å². The number of rotatable bonds is 10. The first-order chi connectivity index (χ1) is 12.2. The number of carbonyl (C=O) groups excluding carboxylic acids is 1. The average Bonchev–Trinajstić information content (AvgIpc) is 2.66. The molecule has 0 radical (unpaired) electrons. The summed E-state index contributed by atoms with van der Waals surface area (Å²) < 4.78 is 11.0. The molecule has 0 bridgehead atoms. The van der Waals surface area contributed by atoms with Crippen LogP contribution in [0.25, 0.3) is 0 Å². The Kier molecular flexibility index (Phi) is 8.35. The molecule has 0 aliphatic carbocycles. The van der Waals surface area contributed by atoms with E-state index >= 15 is 0 Å². The van der Waals surface area contributed by atoms with Crippen LogP contribution < -0.4 is 10.1 Å². The second-order valence-electron chi connectivity index (χ2n) is 5.53. The van der Waals surface area contributed by atoms with E-state index in [2.05, 4.69) is 17.4 Å². The van der Waals surface area contributed by atoms with Gasteiger partial charge < -0.3 is 14.8 Å². The van der Waals surface area contributed by atoms with Gasteiger partial charge in [0, 0.05) is 17.1 Å². The Morgan fingerprint density at radius 1 is 1.12 bits per heavy atom. The van der Waals surface area contributed by atoms with Crippen LogP contribution in [0.1, 0.15) is 24.5 Å². The maximum Gasteiger partial charge on any atom is 0.306 e. The number of hydrogen-bond acceptors (Lipinski definition) is 5. The minimum atomic E-state index is -0.193. The Morgan fingerprint density at radius 3 is 2.56 bits per heavy atom. The molecule has 2 rings (SSSR count). The third kappa shape index (κ3) is 6.44. The van der Waals surface area contributed by atoms with E-state index in [-0.39, 0.29) is 12.1 Å². The van der Waals surface area contributed by atoms with Crippen LogP contribution in [0.15, 0.2) is 59.5 Å². The lowest BCUT2D eigenvalue weighted by Crippen LogP contribution is -2.16. The van der Waals surface area contributed by atoms with Crippen LogP contribution in [0, 0.1) is 0 Å². The van der Waals surface area contributed by atoms with Crippen LogP contribution in [-0.4, -0.2) is 32.4 Å². The van der Waals surface area contributed by atoms with Crippen molar-refractivity contribution in [2.45, 2.75) is 23.8 Å². The second kappa shape index (κ2) is 10.8. The van der Waals surface area contributed by atoms with Gasteiger partial charge in [-0.3, -0.25) is 4.79 Å². The molecule has 0 aromatic heterocycles. The quantitative estimate of drug-likeness (QED) is 0.512. The van der Waals surface area contributed by atoms with Gasteiger partial charge in [-0.2, -0.15) is 0 Å². The minimum Gasteiger partial charge on any atom is -0.485 e. The number of nitrogens with one attached hydrogen (secondary N) is 1. The molecule has 4 nitrogen and oxygen atoms in total. The highest BCUT2D eigenvalue weighted by Crippen LogP contribution is 2.33. The van der Waals surface area contributed by atoms with Gasteiger partial charge in [0.15, 0.2) is 0 Å². The van der Waals surface area contributed by atoms with Crippen molar-refractivity contribution in [1.29, 1.82) is 0 Å². The molecule has 0 unspecified atom stereocenters. The average molecular weight is 359 g/mol. The van der Waals surface area contributed by atoms with Crippen LogP contribution in [-0.2, 0) is 9.53 Å². The lowest BCUT2D eigenvalue weighted by atomic mass is 10.1. The number of thioether (sulfide) groups is 1. The van der Waals surface area contributed by atoms with Crippen LogP contribution in [0.3, 0.4) is 0 Å². The van der Waals surface area contributed by atoms with E-state index in [1.165, 1.54) is 7.11 Å². The lowest BCUT2D eigenvalue weighted by Gasteiger charge is -2.21. The highest BCUT2D eigenvalue weighted by molar-refractivity contribution is 7.99. The van der Waals surface area contributed by atoms with Gasteiger partial charge in [-0.25, -0.2) is 0 Å². The van der Waals surface area contributed by atoms with Crippen LogP contribution in [0.5, 0.6) is 5.75 Å². The number of para-hydroxylation sites is 1. The summed E-state index contributed by atoms with van der Waals surface area (Å²) in [5.74, 6) is 1.32. The van der Waals surface area contributed by atoms with Gasteiger partial charge in [0.1, 0.15) is 11.9 Å². The predicted octanol–water partition coefficient (Wildman–Crippen LogP) is 4.07. The molecule has 0 heterocycles. The van der Waals surface area contributed by atoms with Crippen molar-refractivity contribution >= 4 is 17.7 Å². The molecule has 0 saturated heterocycles. The van der Waals surface area contributed by atoms with Crippen molar-refractivity contribution in [1.82, 2.24) is 5.32 Å². The second-order valence-corrected chi connectivity index (χ2v) is 6.67. The van der Waals surface area contributed by atoms with Crippen molar-refractivity contribution in [3.63, 3.8) is 0 Å². The fraction of sp³-hybridized carbons (Fsp3) is 0.350. The summed E-state index contributed by atoms with van der Waals surface area (Å²) in [7, 11) is 3.36. The van der Waals surface area contributed by atoms with Gasteiger partial charge in [0.25, 0.3) is 0 Å². The summed E-state index contributed by atoms with van der Waals surface area (Å²) in [6, 6.07) is 18.2. The lowest BCUT2D eigenvalue weighted by molar-refractivity contribution is -0.140. The Labute approximate surface area is 153 Å². The van der Waals surface area contributed by atoms with Gasteiger partial charge in [0.2, 0.25) is 0 Å². The first kappa shape index (κ1) is 19.3. The number of benzene rings is 2. The van der Waals surface area contributed by atoms with E-state index in [4.69, 9.17) is 9.47 Å². The largest absolute Gasteiger partial charge is 0.485 e. The molecule has 0 amide bonds. The molecular weight excluding hydrogens is 334 g/mol. The Balaban J connectivity index is 2.09. The SMILES string of the molecule is CNCC[C@@H](Oc1ccccc1SCCC(=O)OC)c1ccccc1. The van der Waals surface area contributed by atoms with Gasteiger partial charge >= 0.3 is 5.97 Å². The summed E-state index contributed by atoms with van der Waals surface area (Å²) in [6.07, 6.45) is 1.25. The number of carbonyl (C=O) groups is 1. The zero-order valence-electron chi connectivity index (χ0n) is 14.7. The van der Waals surface area contributed by atoms with E-state index in [0.29, 0.717) is 12.2 Å². The molecule has 2 aromatic carbocycles. The molecule has 0 fully saturated rings. The highest BCUT2D eigenvalue weighted by atomic mass is 32.2. The maximum atomic E-state index is 11.3. The molecule has 0 spiro atoms. The zero-order valence-corrected chi connectivity index (χ0v) is 15.6. The summed E-state index contributed by atoms with van der Waals surface area (Å²) in [5, 5.41) is 3.18. The number of methoxy groups -OCH3 is 1. The van der Waals surface area contributed by atoms with E-state index in [9.17, 15) is 4.79 Å². The molecule has 1 N–H and O–H groups in total. The molecule has 0 aliphatic heterocycles. The topological polar surface area (TPSA) is 47.6 Å². The molecular formula is C20H25NO3S. The Morgan fingerprint density at radius 2 is 1.84 bits per heavy atom. The summed E-state index contributed by atoms with van der Waals surface area (Å²) in [6.45, 7) is 0.872. The molecule has 1 atom stereocenters. The zero-order chi connectivity index (χ0) is 17.9. The normalized spacial score (nSPS) is 11.8. The van der Waals surface area contributed by atoms with E-state index < -0.39 is 0 Å². The van der Waals surface area contributed by atoms with Crippen molar-refractivity contribution in [3.8, 4) is 5.75 Å². The first-order valence-corrected chi connectivity index (χ1v) is 9.38. The van der Waals surface area contributed by atoms with Crippen molar-refractivity contribution in [2.24, 2.45) is 0 Å². The maximum absolute atomic E-state index is 11.3. The van der Waals surface area contributed by atoms with Gasteiger partial charge in [-0.05, 0) is 31.3 Å². The molecule has 134 valence electrons. The first-order valence-electron chi connectivity index (χ1n) is 8.39. The summed E-state index contributed by atoms with van der Waals surface area (Å²) in [4.78, 5) is 12.3. The Hall–Kier alpha value is -1.98. The fourth-order valence-electron chi connectivity index (χ4n) is 2.40. The van der Waals surface area contributed by atoms with Gasteiger partial charge in [-0.15, -0.1) is 11.8 Å². The van der Waals surface area contributed by atoms with E-state index in [1.54, 1.807) is 11.8 Å². The van der Waals surface area contributed by atoms with E-state index in [0.717, 1.165) is 29.2 Å². The highest BCUT2D eigenvalue weighted by Gasteiger charge is 2.15. The molecule has 2 aromatic rings. The van der Waals surface area contributed by atoms with Crippen LogP contribution in [0.2, 0.25) is 0 Å². The fourth-order valence-corrected chi connectivity index (χ4v) is 3.33. The van der Waals surface area contributed by atoms with Gasteiger partial charge in [-0.1, -0.05) is 42.5 Å². The van der Waals surface area contributed by atoms with Crippen molar-refractivity contribution in [3.05, 3.63) is 60.2 Å². The summed E-state index contributed by atoms with van der Waals surface area (Å²) >= 11 is 1.61. The minimum absolute atomic E-state index is 0.0176. The number of hydrogen-bond donors (Lipinski definition) is 1. The smallest absolute Gasteiger partial charge is 0.306 e. The molecule has 5 heteroatoms. The number of ether oxygens (including phenoxy) is 2. The van der Waals surface area contributed by atoms with Crippen molar-refractivity contribution < 1.29 is 14.3 Å². The van der Waals surface area contributed by atoms with Crippen molar-refractivity contribution in [2.75, 3.05) is 26.5 Å². The standard InChI is InChI=1S/C20H25NO3S/c1-21-14-12-17(16-8-4-3-5-9-16)24-18-10-6-7-11-19(18)25-15-13-20(22)23-2/h3-11,17,21H,12-15H2,1-2H3/t17-/m1/s1. The third-order valence-corrected chi connectivity index (χ3v) is 4.79. The third-order valence-electron chi connectivity index (χ3n) is 3.74.